The van der Waals surface area contributed by atoms with Crippen molar-refractivity contribution in [2.45, 2.75) is 24.8 Å². The molecule has 0 aliphatic heterocycles. The van der Waals surface area contributed by atoms with Gasteiger partial charge in [-0.25, -0.2) is 18.2 Å². The molecule has 0 bridgehead atoms. The zero-order valence-corrected chi connectivity index (χ0v) is 18.3. The molecule has 4 rings (SSSR count). The summed E-state index contributed by atoms with van der Waals surface area (Å²) in [6.45, 7) is 3.05. The van der Waals surface area contributed by atoms with Crippen LogP contribution in [0.5, 0.6) is 0 Å². The number of oxazole rings is 1. The van der Waals surface area contributed by atoms with Crippen LogP contribution in [0.4, 0.5) is 11.5 Å². The van der Waals surface area contributed by atoms with Gasteiger partial charge in [0, 0.05) is 11.8 Å². The number of rotatable bonds is 7. The molecule has 2 aromatic heterocycles. The molecule has 2 N–H and O–H groups in total. The van der Waals surface area contributed by atoms with Gasteiger partial charge in [0.05, 0.1) is 10.5 Å². The number of nitrogens with zero attached hydrogens (tertiary/aromatic N) is 2. The summed E-state index contributed by atoms with van der Waals surface area (Å²) < 4.78 is 42.3. The Morgan fingerprint density at radius 3 is 2.55 bits per heavy atom. The summed E-state index contributed by atoms with van der Waals surface area (Å²) in [7, 11) is -3.89. The summed E-state index contributed by atoms with van der Waals surface area (Å²) >= 11 is 0. The Hall–Kier alpha value is -4.19. The van der Waals surface area contributed by atoms with Gasteiger partial charge in [0.2, 0.25) is 0 Å². The van der Waals surface area contributed by atoms with Crippen LogP contribution in [0.15, 0.2) is 68.8 Å². The number of aryl methyl sites for hydroxylation is 1. The van der Waals surface area contributed by atoms with E-state index in [1.807, 2.05) is 0 Å². The molecule has 1 atom stereocenters. The van der Waals surface area contributed by atoms with E-state index in [4.69, 9.17) is 13.7 Å². The van der Waals surface area contributed by atoms with Crippen molar-refractivity contribution in [3.05, 3.63) is 66.2 Å². The van der Waals surface area contributed by atoms with E-state index in [0.717, 1.165) is 0 Å². The predicted octanol–water partition coefficient (Wildman–Crippen LogP) is 3.11. The highest BCUT2D eigenvalue weighted by Gasteiger charge is 2.21. The lowest BCUT2D eigenvalue weighted by molar-refractivity contribution is -0.123. The number of sulfonamides is 1. The first kappa shape index (κ1) is 22.0. The highest BCUT2D eigenvalue weighted by Crippen LogP contribution is 2.19. The lowest BCUT2D eigenvalue weighted by atomic mass is 10.2. The Morgan fingerprint density at radius 1 is 1.09 bits per heavy atom. The third-order valence-electron chi connectivity index (χ3n) is 4.52. The van der Waals surface area contributed by atoms with Crippen molar-refractivity contribution in [1.29, 1.82) is 0 Å². The molecule has 33 heavy (non-hydrogen) atoms. The number of carbonyl (C=O) groups is 2. The maximum Gasteiger partial charge on any atom is 0.339 e. The van der Waals surface area contributed by atoms with Crippen molar-refractivity contribution in [2.75, 3.05) is 10.0 Å². The van der Waals surface area contributed by atoms with Crippen LogP contribution in [0.25, 0.3) is 11.1 Å². The number of fused-ring (bicyclic) bond motifs is 1. The lowest BCUT2D eigenvalue weighted by Gasteiger charge is -2.14. The van der Waals surface area contributed by atoms with Crippen LogP contribution in [0.2, 0.25) is 0 Å². The molecule has 0 saturated heterocycles. The van der Waals surface area contributed by atoms with Gasteiger partial charge in [-0.1, -0.05) is 5.16 Å². The van der Waals surface area contributed by atoms with Crippen LogP contribution in [0.3, 0.4) is 0 Å². The number of hydrogen-bond acceptors (Lipinski definition) is 9. The van der Waals surface area contributed by atoms with Crippen molar-refractivity contribution in [1.82, 2.24) is 10.1 Å². The predicted molar refractivity (Wildman–Crippen MR) is 116 cm³/mol. The monoisotopic (exact) mass is 470 g/mol. The van der Waals surface area contributed by atoms with Gasteiger partial charge in [-0.2, -0.15) is 0 Å². The number of benzene rings is 2. The Labute approximate surface area is 187 Å². The summed E-state index contributed by atoms with van der Waals surface area (Å²) in [5, 5.41) is 6.16. The number of nitrogens with one attached hydrogen (secondary N) is 2. The lowest BCUT2D eigenvalue weighted by Crippen LogP contribution is -2.30. The summed E-state index contributed by atoms with van der Waals surface area (Å²) in [6.07, 6.45) is 0.154. The zero-order chi connectivity index (χ0) is 23.6. The van der Waals surface area contributed by atoms with Gasteiger partial charge in [0.25, 0.3) is 15.9 Å². The second-order valence-electron chi connectivity index (χ2n) is 7.02. The first-order valence-electron chi connectivity index (χ1n) is 9.62. The second-order valence-corrected chi connectivity index (χ2v) is 8.71. The zero-order valence-electron chi connectivity index (χ0n) is 17.4. The van der Waals surface area contributed by atoms with Crippen molar-refractivity contribution in [3.8, 4) is 0 Å². The Morgan fingerprint density at radius 2 is 1.85 bits per heavy atom. The number of amides is 1. The summed E-state index contributed by atoms with van der Waals surface area (Å²) in [6, 6.07) is 11.5. The van der Waals surface area contributed by atoms with Crippen LogP contribution < -0.4 is 10.0 Å². The number of carbonyl (C=O) groups excluding carboxylic acids is 2. The molecular weight excluding hydrogens is 452 g/mol. The topological polar surface area (TPSA) is 154 Å². The highest BCUT2D eigenvalue weighted by atomic mass is 32.2. The minimum atomic E-state index is -3.89. The van der Waals surface area contributed by atoms with Gasteiger partial charge in [-0.05, 0) is 56.3 Å². The third-order valence-corrected chi connectivity index (χ3v) is 5.89. The Balaban J connectivity index is 1.36. The number of ether oxygens (including phenoxy) is 1. The molecule has 2 aromatic carbocycles. The van der Waals surface area contributed by atoms with E-state index in [2.05, 4.69) is 20.2 Å². The van der Waals surface area contributed by atoms with Crippen LogP contribution in [0.1, 0.15) is 23.0 Å². The van der Waals surface area contributed by atoms with Gasteiger partial charge in [-0.3, -0.25) is 9.52 Å². The SMILES string of the molecule is Cc1cc(NS(=O)(=O)c2ccc(NC(=O)C(C)OC(=O)c3ccc4ncoc4c3)cc2)no1. The molecule has 1 amide bonds. The van der Waals surface area contributed by atoms with Crippen LogP contribution in [0, 0.1) is 6.92 Å². The maximum absolute atomic E-state index is 12.4. The smallest absolute Gasteiger partial charge is 0.339 e. The molecule has 0 saturated carbocycles. The number of aromatic nitrogens is 2. The van der Waals surface area contributed by atoms with E-state index < -0.39 is 28.0 Å². The number of anilines is 2. The Kier molecular flexibility index (Phi) is 5.84. The van der Waals surface area contributed by atoms with E-state index in [-0.39, 0.29) is 16.3 Å². The molecule has 11 nitrogen and oxygen atoms in total. The molecule has 0 radical (unpaired) electrons. The fourth-order valence-corrected chi connectivity index (χ4v) is 3.82. The van der Waals surface area contributed by atoms with E-state index in [0.29, 0.717) is 22.5 Å². The molecular formula is C21H18N4O7S. The minimum Gasteiger partial charge on any atom is -0.449 e. The maximum atomic E-state index is 12.4. The van der Waals surface area contributed by atoms with E-state index in [1.54, 1.807) is 13.0 Å². The van der Waals surface area contributed by atoms with E-state index >= 15 is 0 Å². The van der Waals surface area contributed by atoms with Crippen LogP contribution >= 0.6 is 0 Å². The van der Waals surface area contributed by atoms with Crippen molar-refractivity contribution < 1.29 is 31.7 Å². The van der Waals surface area contributed by atoms with Crippen molar-refractivity contribution >= 4 is 44.5 Å². The molecule has 0 spiro atoms. The highest BCUT2D eigenvalue weighted by molar-refractivity contribution is 7.92. The molecule has 0 aliphatic rings. The molecule has 4 aromatic rings. The second kappa shape index (κ2) is 8.74. The van der Waals surface area contributed by atoms with Crippen molar-refractivity contribution in [3.63, 3.8) is 0 Å². The third kappa shape index (κ3) is 5.01. The van der Waals surface area contributed by atoms with Gasteiger partial charge in [0.15, 0.2) is 23.9 Å². The first-order chi connectivity index (χ1) is 15.7. The standard InChI is InChI=1S/C21H18N4O7S/c1-12-9-19(24-32-12)25-33(28,29)16-6-4-15(5-7-16)23-20(26)13(2)31-21(27)14-3-8-17-18(10-14)30-11-22-17/h3-11,13H,1-2H3,(H,23,26)(H,24,25). The molecule has 170 valence electrons. The molecule has 0 aliphatic carbocycles. The quantitative estimate of drug-likeness (QED) is 0.388. The van der Waals surface area contributed by atoms with Gasteiger partial charge in [0.1, 0.15) is 11.3 Å². The average molecular weight is 470 g/mol. The Bertz CT molecular complexity index is 1420. The van der Waals surface area contributed by atoms with Crippen LogP contribution in [-0.2, 0) is 19.6 Å². The molecule has 2 heterocycles. The number of hydrogen-bond donors (Lipinski definition) is 2. The normalized spacial score (nSPS) is 12.3. The van der Waals surface area contributed by atoms with E-state index in [1.165, 1.54) is 55.8 Å². The first-order valence-corrected chi connectivity index (χ1v) is 11.1. The molecule has 12 heteroatoms. The number of esters is 1. The van der Waals surface area contributed by atoms with Crippen molar-refractivity contribution in [2.24, 2.45) is 0 Å². The fourth-order valence-electron chi connectivity index (χ4n) is 2.84. The molecule has 0 fully saturated rings. The summed E-state index contributed by atoms with van der Waals surface area (Å²) in [5.41, 5.74) is 1.55. The summed E-state index contributed by atoms with van der Waals surface area (Å²) in [5.74, 6) is -0.774. The largest absolute Gasteiger partial charge is 0.449 e. The fraction of sp³-hybridized carbons (Fsp3) is 0.143. The van der Waals surface area contributed by atoms with Gasteiger partial charge < -0.3 is 19.0 Å². The average Bonchev–Trinajstić information content (AvgIpc) is 3.41. The van der Waals surface area contributed by atoms with Crippen LogP contribution in [-0.4, -0.2) is 36.5 Å². The minimum absolute atomic E-state index is 0.0385. The van der Waals surface area contributed by atoms with Gasteiger partial charge >= 0.3 is 5.97 Å². The molecule has 1 unspecified atom stereocenters. The van der Waals surface area contributed by atoms with E-state index in [9.17, 15) is 18.0 Å². The van der Waals surface area contributed by atoms with Gasteiger partial charge in [-0.15, -0.1) is 0 Å². The summed E-state index contributed by atoms with van der Waals surface area (Å²) in [4.78, 5) is 28.7.